The van der Waals surface area contributed by atoms with Gasteiger partial charge in [0.1, 0.15) is 5.78 Å². The number of benzene rings is 1. The van der Waals surface area contributed by atoms with Gasteiger partial charge in [-0.1, -0.05) is 25.5 Å². The molecule has 1 fully saturated rings. The summed E-state index contributed by atoms with van der Waals surface area (Å²) in [5.41, 5.74) is 1.10. The Kier molecular flexibility index (Phi) is 5.45. The van der Waals surface area contributed by atoms with Gasteiger partial charge in [0.15, 0.2) is 11.5 Å². The molecule has 0 radical (unpaired) electrons. The van der Waals surface area contributed by atoms with Crippen LogP contribution in [0.3, 0.4) is 0 Å². The van der Waals surface area contributed by atoms with E-state index in [1.165, 1.54) is 0 Å². The molecule has 1 unspecified atom stereocenters. The molecule has 0 spiro atoms. The molecular weight excluding hydrogens is 252 g/mol. The molecule has 1 saturated carbocycles. The minimum absolute atomic E-state index is 0.153. The summed E-state index contributed by atoms with van der Waals surface area (Å²) in [6, 6.07) is 5.94. The molecule has 0 bridgehead atoms. The van der Waals surface area contributed by atoms with Gasteiger partial charge in [-0.25, -0.2) is 0 Å². The van der Waals surface area contributed by atoms with Gasteiger partial charge in [0.25, 0.3) is 0 Å². The van der Waals surface area contributed by atoms with Crippen LogP contribution >= 0.6 is 0 Å². The first-order valence-electron chi connectivity index (χ1n) is 7.57. The van der Waals surface area contributed by atoms with E-state index in [4.69, 9.17) is 9.47 Å². The van der Waals surface area contributed by atoms with Crippen LogP contribution in [0.4, 0.5) is 0 Å². The molecule has 3 heteroatoms. The fraction of sp³-hybridized carbons (Fsp3) is 0.588. The van der Waals surface area contributed by atoms with Gasteiger partial charge in [-0.3, -0.25) is 4.79 Å². The highest BCUT2D eigenvalue weighted by atomic mass is 16.5. The molecule has 0 aromatic heterocycles. The zero-order valence-corrected chi connectivity index (χ0v) is 12.5. The molecular formula is C17H24O3. The van der Waals surface area contributed by atoms with E-state index in [1.54, 1.807) is 7.11 Å². The van der Waals surface area contributed by atoms with E-state index in [0.717, 1.165) is 55.6 Å². The van der Waals surface area contributed by atoms with E-state index in [2.05, 4.69) is 13.0 Å². The summed E-state index contributed by atoms with van der Waals surface area (Å²) in [6.45, 7) is 2.76. The van der Waals surface area contributed by atoms with Crippen LogP contribution in [0.1, 0.15) is 44.6 Å². The summed E-state index contributed by atoms with van der Waals surface area (Å²) in [4.78, 5) is 12.0. The standard InChI is InChI=1S/C17H24O3/c1-3-11-20-17-14(8-6-10-16(17)19-2)12-13-7-4-5-9-15(13)18/h6,8,10,13H,3-5,7,9,11-12H2,1-2H3. The summed E-state index contributed by atoms with van der Waals surface area (Å²) in [6.07, 6.45) is 5.68. The van der Waals surface area contributed by atoms with E-state index in [1.807, 2.05) is 12.1 Å². The number of methoxy groups -OCH3 is 1. The molecule has 3 nitrogen and oxygen atoms in total. The second-order valence-electron chi connectivity index (χ2n) is 5.41. The van der Waals surface area contributed by atoms with Crippen LogP contribution in [0.25, 0.3) is 0 Å². The number of hydrogen-bond donors (Lipinski definition) is 0. The SMILES string of the molecule is CCCOc1c(CC2CCCCC2=O)cccc1OC. The third-order valence-electron chi connectivity index (χ3n) is 3.88. The van der Waals surface area contributed by atoms with Crippen LogP contribution in [0, 0.1) is 5.92 Å². The van der Waals surface area contributed by atoms with Gasteiger partial charge in [-0.2, -0.15) is 0 Å². The predicted molar refractivity (Wildman–Crippen MR) is 79.4 cm³/mol. The van der Waals surface area contributed by atoms with Crippen LogP contribution in [0.15, 0.2) is 18.2 Å². The topological polar surface area (TPSA) is 35.5 Å². The lowest BCUT2D eigenvalue weighted by atomic mass is 9.83. The number of rotatable bonds is 6. The second kappa shape index (κ2) is 7.32. The molecule has 0 heterocycles. The van der Waals surface area contributed by atoms with Gasteiger partial charge in [-0.05, 0) is 37.3 Å². The normalized spacial score (nSPS) is 18.9. The first kappa shape index (κ1) is 14.9. The zero-order valence-electron chi connectivity index (χ0n) is 12.5. The maximum Gasteiger partial charge on any atom is 0.164 e. The lowest BCUT2D eigenvalue weighted by Gasteiger charge is -2.22. The number of hydrogen-bond acceptors (Lipinski definition) is 3. The number of para-hydroxylation sites is 1. The summed E-state index contributed by atoms with van der Waals surface area (Å²) in [5.74, 6) is 2.13. The van der Waals surface area contributed by atoms with Crippen LogP contribution < -0.4 is 9.47 Å². The first-order chi connectivity index (χ1) is 9.76. The molecule has 20 heavy (non-hydrogen) atoms. The summed E-state index contributed by atoms with van der Waals surface area (Å²) in [7, 11) is 1.66. The highest BCUT2D eigenvalue weighted by Crippen LogP contribution is 2.34. The fourth-order valence-electron chi connectivity index (χ4n) is 2.79. The summed E-state index contributed by atoms with van der Waals surface area (Å²) in [5, 5.41) is 0. The Morgan fingerprint density at radius 1 is 1.30 bits per heavy atom. The first-order valence-corrected chi connectivity index (χ1v) is 7.57. The van der Waals surface area contributed by atoms with Crippen molar-refractivity contribution in [2.24, 2.45) is 5.92 Å². The van der Waals surface area contributed by atoms with Crippen molar-refractivity contribution in [1.82, 2.24) is 0 Å². The second-order valence-corrected chi connectivity index (χ2v) is 5.41. The van der Waals surface area contributed by atoms with E-state index in [0.29, 0.717) is 12.4 Å². The van der Waals surface area contributed by atoms with Gasteiger partial charge in [0, 0.05) is 12.3 Å². The van der Waals surface area contributed by atoms with E-state index in [9.17, 15) is 4.79 Å². The van der Waals surface area contributed by atoms with Crippen LogP contribution in [-0.4, -0.2) is 19.5 Å². The zero-order chi connectivity index (χ0) is 14.4. The van der Waals surface area contributed by atoms with Gasteiger partial charge in [0.2, 0.25) is 0 Å². The minimum atomic E-state index is 0.153. The third kappa shape index (κ3) is 3.53. The van der Waals surface area contributed by atoms with E-state index in [-0.39, 0.29) is 5.92 Å². The molecule has 1 aromatic carbocycles. The van der Waals surface area contributed by atoms with Crippen molar-refractivity contribution in [2.45, 2.75) is 45.4 Å². The number of ketones is 1. The minimum Gasteiger partial charge on any atom is -0.493 e. The lowest BCUT2D eigenvalue weighted by molar-refractivity contribution is -0.124. The predicted octanol–water partition coefficient (Wildman–Crippen LogP) is 3.79. The molecule has 2 rings (SSSR count). The summed E-state index contributed by atoms with van der Waals surface area (Å²) < 4.78 is 11.2. The summed E-state index contributed by atoms with van der Waals surface area (Å²) >= 11 is 0. The Labute approximate surface area is 121 Å². The number of ether oxygens (including phenoxy) is 2. The number of carbonyl (C=O) groups is 1. The number of carbonyl (C=O) groups excluding carboxylic acids is 1. The van der Waals surface area contributed by atoms with Crippen molar-refractivity contribution >= 4 is 5.78 Å². The molecule has 0 amide bonds. The maximum absolute atomic E-state index is 12.0. The quantitative estimate of drug-likeness (QED) is 0.793. The van der Waals surface area contributed by atoms with Gasteiger partial charge in [-0.15, -0.1) is 0 Å². The Balaban J connectivity index is 2.18. The monoisotopic (exact) mass is 276 g/mol. The lowest BCUT2D eigenvalue weighted by Crippen LogP contribution is -2.21. The molecule has 0 aliphatic heterocycles. The largest absolute Gasteiger partial charge is 0.493 e. The molecule has 1 aliphatic carbocycles. The highest BCUT2D eigenvalue weighted by molar-refractivity contribution is 5.82. The Bertz CT molecular complexity index is 454. The smallest absolute Gasteiger partial charge is 0.164 e. The number of Topliss-reactive ketones (excluding diaryl/α,β-unsaturated/α-hetero) is 1. The Morgan fingerprint density at radius 2 is 2.15 bits per heavy atom. The van der Waals surface area contributed by atoms with Crippen molar-refractivity contribution in [2.75, 3.05) is 13.7 Å². The average molecular weight is 276 g/mol. The third-order valence-corrected chi connectivity index (χ3v) is 3.88. The van der Waals surface area contributed by atoms with Gasteiger partial charge < -0.3 is 9.47 Å². The van der Waals surface area contributed by atoms with Gasteiger partial charge >= 0.3 is 0 Å². The highest BCUT2D eigenvalue weighted by Gasteiger charge is 2.24. The van der Waals surface area contributed by atoms with E-state index >= 15 is 0 Å². The Hall–Kier alpha value is -1.51. The molecule has 1 aromatic rings. The molecule has 1 aliphatic rings. The van der Waals surface area contributed by atoms with Crippen molar-refractivity contribution < 1.29 is 14.3 Å². The molecule has 0 N–H and O–H groups in total. The van der Waals surface area contributed by atoms with Crippen molar-refractivity contribution in [1.29, 1.82) is 0 Å². The molecule has 0 saturated heterocycles. The van der Waals surface area contributed by atoms with Crippen LogP contribution in [-0.2, 0) is 11.2 Å². The Morgan fingerprint density at radius 3 is 2.85 bits per heavy atom. The van der Waals surface area contributed by atoms with Crippen LogP contribution in [0.5, 0.6) is 11.5 Å². The molecule has 1 atom stereocenters. The van der Waals surface area contributed by atoms with Gasteiger partial charge in [0.05, 0.1) is 13.7 Å². The van der Waals surface area contributed by atoms with Crippen molar-refractivity contribution in [3.63, 3.8) is 0 Å². The molecule has 110 valence electrons. The van der Waals surface area contributed by atoms with Crippen molar-refractivity contribution in [3.05, 3.63) is 23.8 Å². The van der Waals surface area contributed by atoms with Crippen LogP contribution in [0.2, 0.25) is 0 Å². The fourth-order valence-corrected chi connectivity index (χ4v) is 2.79. The maximum atomic E-state index is 12.0. The van der Waals surface area contributed by atoms with Crippen molar-refractivity contribution in [3.8, 4) is 11.5 Å². The average Bonchev–Trinajstić information content (AvgIpc) is 2.48. The van der Waals surface area contributed by atoms with E-state index < -0.39 is 0 Å².